The summed E-state index contributed by atoms with van der Waals surface area (Å²) in [6.45, 7) is 0.861. The van der Waals surface area contributed by atoms with Gasteiger partial charge in [0.25, 0.3) is 5.91 Å². The average Bonchev–Trinajstić information content (AvgIpc) is 3.07. The summed E-state index contributed by atoms with van der Waals surface area (Å²) in [4.78, 5) is 16.1. The van der Waals surface area contributed by atoms with Gasteiger partial charge < -0.3 is 10.2 Å². The highest BCUT2D eigenvalue weighted by Crippen LogP contribution is 2.28. The van der Waals surface area contributed by atoms with E-state index in [4.69, 9.17) is 0 Å². The van der Waals surface area contributed by atoms with Crippen molar-refractivity contribution >= 4 is 22.9 Å². The van der Waals surface area contributed by atoms with Crippen molar-refractivity contribution in [2.45, 2.75) is 6.54 Å². The molecule has 5 heteroatoms. The maximum atomic E-state index is 13.0. The lowest BCUT2D eigenvalue weighted by Gasteiger charge is -2.10. The van der Waals surface area contributed by atoms with Crippen molar-refractivity contribution in [3.05, 3.63) is 76.9 Å². The van der Waals surface area contributed by atoms with Gasteiger partial charge in [-0.15, -0.1) is 11.3 Å². The van der Waals surface area contributed by atoms with E-state index in [1.54, 1.807) is 18.2 Å². The van der Waals surface area contributed by atoms with Gasteiger partial charge in [-0.25, -0.2) is 4.39 Å². The van der Waals surface area contributed by atoms with Gasteiger partial charge in [0.15, 0.2) is 0 Å². The first-order chi connectivity index (χ1) is 12.0. The second-order valence-electron chi connectivity index (χ2n) is 6.06. The number of anilines is 1. The molecule has 1 amide bonds. The molecule has 0 spiro atoms. The van der Waals surface area contributed by atoms with Crippen molar-refractivity contribution in [2.75, 3.05) is 19.4 Å². The molecule has 0 saturated carbocycles. The number of nitrogens with one attached hydrogen (secondary N) is 1. The van der Waals surface area contributed by atoms with Crippen LogP contribution in [0.3, 0.4) is 0 Å². The summed E-state index contributed by atoms with van der Waals surface area (Å²) in [5, 5.41) is 2.91. The van der Waals surface area contributed by atoms with Crippen molar-refractivity contribution in [3.63, 3.8) is 0 Å². The highest BCUT2D eigenvalue weighted by atomic mass is 32.1. The van der Waals surface area contributed by atoms with Gasteiger partial charge >= 0.3 is 0 Å². The Labute approximate surface area is 150 Å². The average molecular weight is 354 g/mol. The zero-order valence-electron chi connectivity index (χ0n) is 14.1. The zero-order chi connectivity index (χ0) is 17.8. The maximum Gasteiger partial charge on any atom is 0.265 e. The Morgan fingerprint density at radius 3 is 2.32 bits per heavy atom. The van der Waals surface area contributed by atoms with E-state index in [2.05, 4.69) is 10.2 Å². The van der Waals surface area contributed by atoms with E-state index in [1.807, 2.05) is 44.4 Å². The van der Waals surface area contributed by atoms with Crippen LogP contribution in [0.5, 0.6) is 0 Å². The van der Waals surface area contributed by atoms with E-state index in [-0.39, 0.29) is 11.7 Å². The van der Waals surface area contributed by atoms with Crippen molar-refractivity contribution < 1.29 is 9.18 Å². The summed E-state index contributed by atoms with van der Waals surface area (Å²) in [7, 11) is 4.04. The normalized spacial score (nSPS) is 10.9. The monoisotopic (exact) mass is 354 g/mol. The van der Waals surface area contributed by atoms with Gasteiger partial charge in [-0.1, -0.05) is 24.3 Å². The third kappa shape index (κ3) is 4.53. The summed E-state index contributed by atoms with van der Waals surface area (Å²) in [5.41, 5.74) is 2.86. The first-order valence-corrected chi connectivity index (χ1v) is 8.74. The molecule has 0 aliphatic rings. The molecule has 0 fully saturated rings. The molecule has 0 bridgehead atoms. The molecule has 0 aliphatic heterocycles. The van der Waals surface area contributed by atoms with Gasteiger partial charge in [-0.3, -0.25) is 4.79 Å². The SMILES string of the molecule is CN(C)Cc1ccc(NC(=O)c2ccc(-c3ccc(F)cc3)s2)cc1. The van der Waals surface area contributed by atoms with Gasteiger partial charge in [0.2, 0.25) is 0 Å². The molecule has 0 atom stereocenters. The summed E-state index contributed by atoms with van der Waals surface area (Å²) >= 11 is 1.39. The van der Waals surface area contributed by atoms with Crippen molar-refractivity contribution in [1.29, 1.82) is 0 Å². The molecule has 0 unspecified atom stereocenters. The molecule has 1 aromatic heterocycles. The van der Waals surface area contributed by atoms with Gasteiger partial charge in [0.1, 0.15) is 5.82 Å². The van der Waals surface area contributed by atoms with E-state index < -0.39 is 0 Å². The van der Waals surface area contributed by atoms with Crippen molar-refractivity contribution in [3.8, 4) is 10.4 Å². The molecule has 128 valence electrons. The quantitative estimate of drug-likeness (QED) is 0.709. The fourth-order valence-corrected chi connectivity index (χ4v) is 3.39. The lowest BCUT2D eigenvalue weighted by atomic mass is 10.2. The molecule has 3 aromatic rings. The fraction of sp³-hybridized carbons (Fsp3) is 0.150. The van der Waals surface area contributed by atoms with Crippen LogP contribution < -0.4 is 5.32 Å². The highest BCUT2D eigenvalue weighted by molar-refractivity contribution is 7.17. The molecule has 0 saturated heterocycles. The minimum Gasteiger partial charge on any atom is -0.321 e. The smallest absolute Gasteiger partial charge is 0.265 e. The number of carbonyl (C=O) groups excluding carboxylic acids is 1. The van der Waals surface area contributed by atoms with Gasteiger partial charge in [0, 0.05) is 17.1 Å². The van der Waals surface area contributed by atoms with Crippen LogP contribution in [0, 0.1) is 5.82 Å². The number of carbonyl (C=O) groups is 1. The van der Waals surface area contributed by atoms with E-state index in [1.165, 1.54) is 29.0 Å². The van der Waals surface area contributed by atoms with E-state index in [0.717, 1.165) is 22.7 Å². The molecule has 0 aliphatic carbocycles. The molecule has 1 heterocycles. The second-order valence-corrected chi connectivity index (χ2v) is 7.14. The number of amides is 1. The van der Waals surface area contributed by atoms with E-state index >= 15 is 0 Å². The van der Waals surface area contributed by atoms with Crippen LogP contribution in [-0.2, 0) is 6.54 Å². The number of benzene rings is 2. The Kier molecular flexibility index (Phi) is 5.26. The number of thiophene rings is 1. The predicted octanol–water partition coefficient (Wildman–Crippen LogP) is 4.87. The number of nitrogens with zero attached hydrogens (tertiary/aromatic N) is 1. The molecule has 2 aromatic carbocycles. The molecule has 3 nitrogen and oxygen atoms in total. The zero-order valence-corrected chi connectivity index (χ0v) is 14.9. The summed E-state index contributed by atoms with van der Waals surface area (Å²) in [6.07, 6.45) is 0. The third-order valence-corrected chi connectivity index (χ3v) is 4.80. The lowest BCUT2D eigenvalue weighted by molar-refractivity contribution is 0.103. The Hall–Kier alpha value is -2.50. The van der Waals surface area contributed by atoms with Gasteiger partial charge in [-0.2, -0.15) is 0 Å². The topological polar surface area (TPSA) is 32.3 Å². The largest absolute Gasteiger partial charge is 0.321 e. The van der Waals surface area contributed by atoms with E-state index in [9.17, 15) is 9.18 Å². The summed E-state index contributed by atoms with van der Waals surface area (Å²) in [5.74, 6) is -0.408. The maximum absolute atomic E-state index is 13.0. The third-order valence-electron chi connectivity index (χ3n) is 3.67. The minimum absolute atomic E-state index is 0.140. The Morgan fingerprint density at radius 2 is 1.68 bits per heavy atom. The van der Waals surface area contributed by atoms with E-state index in [0.29, 0.717) is 4.88 Å². The summed E-state index contributed by atoms with van der Waals surface area (Å²) in [6, 6.07) is 17.8. The number of hydrogen-bond acceptors (Lipinski definition) is 3. The molecule has 3 rings (SSSR count). The molecular formula is C20H19FN2OS. The van der Waals surface area contributed by atoms with Crippen LogP contribution in [0.15, 0.2) is 60.7 Å². The standard InChI is InChI=1S/C20H19FN2OS/c1-23(2)13-14-3-9-17(10-4-14)22-20(24)19-12-11-18(25-19)15-5-7-16(21)8-6-15/h3-12H,13H2,1-2H3,(H,22,24). The van der Waals surface area contributed by atoms with Crippen molar-refractivity contribution in [2.24, 2.45) is 0 Å². The predicted molar refractivity (Wildman–Crippen MR) is 101 cm³/mol. The van der Waals surface area contributed by atoms with Crippen LogP contribution in [0.4, 0.5) is 10.1 Å². The van der Waals surface area contributed by atoms with Crippen LogP contribution in [-0.4, -0.2) is 24.9 Å². The Bertz CT molecular complexity index is 854. The van der Waals surface area contributed by atoms with Gasteiger partial charge in [-0.05, 0) is 61.6 Å². The van der Waals surface area contributed by atoms with Crippen LogP contribution in [0.2, 0.25) is 0 Å². The first-order valence-electron chi connectivity index (χ1n) is 7.92. The first kappa shape index (κ1) is 17.3. The fourth-order valence-electron chi connectivity index (χ4n) is 2.48. The van der Waals surface area contributed by atoms with Gasteiger partial charge in [0.05, 0.1) is 4.88 Å². The van der Waals surface area contributed by atoms with Crippen molar-refractivity contribution in [1.82, 2.24) is 4.90 Å². The summed E-state index contributed by atoms with van der Waals surface area (Å²) < 4.78 is 13.0. The number of hydrogen-bond donors (Lipinski definition) is 1. The Morgan fingerprint density at radius 1 is 1.00 bits per heavy atom. The van der Waals surface area contributed by atoms with Crippen LogP contribution >= 0.6 is 11.3 Å². The van der Waals surface area contributed by atoms with Crippen LogP contribution in [0.25, 0.3) is 10.4 Å². The molecule has 25 heavy (non-hydrogen) atoms. The molecule has 1 N–H and O–H groups in total. The molecular weight excluding hydrogens is 335 g/mol. The minimum atomic E-state index is -0.268. The second kappa shape index (κ2) is 7.59. The lowest BCUT2D eigenvalue weighted by Crippen LogP contribution is -2.12. The highest BCUT2D eigenvalue weighted by Gasteiger charge is 2.11. The molecule has 0 radical (unpaired) electrons. The number of rotatable bonds is 5. The Balaban J connectivity index is 1.68. The number of halogens is 1. The van der Waals surface area contributed by atoms with Crippen LogP contribution in [0.1, 0.15) is 15.2 Å².